The van der Waals surface area contributed by atoms with Crippen LogP contribution in [-0.2, 0) is 35.2 Å². The Morgan fingerprint density at radius 1 is 0.761 bits per heavy atom. The summed E-state index contributed by atoms with van der Waals surface area (Å²) in [6.07, 6.45) is 4.30. The second kappa shape index (κ2) is 21.6. The van der Waals surface area contributed by atoms with Crippen molar-refractivity contribution in [2.75, 3.05) is 13.1 Å². The van der Waals surface area contributed by atoms with E-state index in [2.05, 4.69) is 21.3 Å². The molecule has 1 aromatic rings. The van der Waals surface area contributed by atoms with E-state index in [9.17, 15) is 33.9 Å². The summed E-state index contributed by atoms with van der Waals surface area (Å²) in [4.78, 5) is 75.8. The number of hydrogen-bond acceptors (Lipinski definition) is 10. The Morgan fingerprint density at radius 3 is 1.83 bits per heavy atom. The molecule has 1 aromatic carbocycles. The first-order valence-electron chi connectivity index (χ1n) is 15.6. The Labute approximate surface area is 270 Å². The van der Waals surface area contributed by atoms with Crippen LogP contribution in [0.5, 0.6) is 5.75 Å². The molecule has 1 radical (unpaired) electrons. The molecule has 257 valence electrons. The summed E-state index contributed by atoms with van der Waals surface area (Å²) in [7, 11) is 0. The van der Waals surface area contributed by atoms with Crippen LogP contribution in [0.25, 0.3) is 0 Å². The smallest absolute Gasteiger partial charge is 0.243 e. The van der Waals surface area contributed by atoms with Gasteiger partial charge in [-0.2, -0.15) is 0 Å². The van der Waals surface area contributed by atoms with Gasteiger partial charge in [0.25, 0.3) is 0 Å². The van der Waals surface area contributed by atoms with Crippen LogP contribution < -0.4 is 44.2 Å². The summed E-state index contributed by atoms with van der Waals surface area (Å²) < 4.78 is 0. The number of aromatic hydroxyl groups is 1. The van der Waals surface area contributed by atoms with Crippen LogP contribution in [0.15, 0.2) is 24.3 Å². The summed E-state index contributed by atoms with van der Waals surface area (Å²) in [6, 6.07) is 0.475. The first-order chi connectivity index (χ1) is 21.8. The van der Waals surface area contributed by atoms with Crippen LogP contribution in [0.1, 0.15) is 70.8 Å². The van der Waals surface area contributed by atoms with Crippen LogP contribution >= 0.6 is 0 Å². The average molecular weight is 648 g/mol. The molecule has 5 atom stereocenters. The second-order valence-electron chi connectivity index (χ2n) is 11.7. The highest BCUT2D eigenvalue weighted by Crippen LogP contribution is 2.13. The molecular weight excluding hydrogens is 596 g/mol. The van der Waals surface area contributed by atoms with Gasteiger partial charge in [-0.3, -0.25) is 28.8 Å². The van der Waals surface area contributed by atoms with Gasteiger partial charge in [-0.1, -0.05) is 32.4 Å². The summed E-state index contributed by atoms with van der Waals surface area (Å²) in [6.45, 7) is 4.49. The number of unbranched alkanes of at least 4 members (excludes halogenated alkanes) is 2. The molecule has 0 aromatic heterocycles. The molecule has 0 aliphatic carbocycles. The lowest BCUT2D eigenvalue weighted by Gasteiger charge is -2.27. The molecule has 1 rings (SSSR count). The van der Waals surface area contributed by atoms with Crippen molar-refractivity contribution in [1.82, 2.24) is 21.3 Å². The number of nitrogens with two attached hydrogens (primary N) is 4. The molecule has 0 bridgehead atoms. The number of phenolic OH excluding ortho intramolecular Hbond substituents is 1. The van der Waals surface area contributed by atoms with Crippen molar-refractivity contribution < 1.29 is 33.9 Å². The van der Waals surface area contributed by atoms with E-state index in [-0.39, 0.29) is 30.9 Å². The van der Waals surface area contributed by atoms with Crippen molar-refractivity contribution in [3.05, 3.63) is 29.8 Å². The molecule has 0 aliphatic heterocycles. The fraction of sp³-hybridized carbons (Fsp3) is 0.613. The van der Waals surface area contributed by atoms with Crippen molar-refractivity contribution in [2.45, 2.75) is 102 Å². The molecule has 5 amide bonds. The maximum atomic E-state index is 13.7. The Balaban J connectivity index is 3.26. The average Bonchev–Trinajstić information content (AvgIpc) is 2.99. The minimum absolute atomic E-state index is 0.00503. The topological polar surface area (TPSA) is 275 Å². The highest BCUT2D eigenvalue weighted by molar-refractivity contribution is 5.95. The van der Waals surface area contributed by atoms with Crippen LogP contribution in [0.2, 0.25) is 0 Å². The first kappa shape index (κ1) is 39.9. The summed E-state index contributed by atoms with van der Waals surface area (Å²) >= 11 is 0. The molecule has 0 saturated carbocycles. The predicted molar refractivity (Wildman–Crippen MR) is 172 cm³/mol. The fourth-order valence-electron chi connectivity index (χ4n) is 4.60. The van der Waals surface area contributed by atoms with E-state index in [4.69, 9.17) is 22.9 Å². The Kier molecular flexibility index (Phi) is 18.8. The number of hydrogen-bond donors (Lipinski definition) is 9. The molecular formula is C31H51N8O7. The molecule has 0 aliphatic rings. The van der Waals surface area contributed by atoms with Gasteiger partial charge in [-0.05, 0) is 75.2 Å². The van der Waals surface area contributed by atoms with Gasteiger partial charge in [0.15, 0.2) is 0 Å². The zero-order chi connectivity index (χ0) is 34.6. The molecule has 46 heavy (non-hydrogen) atoms. The van der Waals surface area contributed by atoms with Gasteiger partial charge in [-0.15, -0.1) is 0 Å². The Morgan fingerprint density at radius 2 is 1.28 bits per heavy atom. The summed E-state index contributed by atoms with van der Waals surface area (Å²) in [5.74, 6) is -3.50. The van der Waals surface area contributed by atoms with Gasteiger partial charge >= 0.3 is 0 Å². The number of nitrogens with one attached hydrogen (secondary N) is 4. The van der Waals surface area contributed by atoms with Crippen molar-refractivity contribution >= 4 is 35.8 Å². The van der Waals surface area contributed by atoms with E-state index in [1.54, 1.807) is 18.4 Å². The zero-order valence-corrected chi connectivity index (χ0v) is 26.8. The van der Waals surface area contributed by atoms with Gasteiger partial charge in [0.1, 0.15) is 29.9 Å². The third kappa shape index (κ3) is 15.8. The number of benzene rings is 1. The van der Waals surface area contributed by atoms with Gasteiger partial charge < -0.3 is 49.3 Å². The third-order valence-corrected chi connectivity index (χ3v) is 7.10. The van der Waals surface area contributed by atoms with Crippen LogP contribution in [0.4, 0.5) is 0 Å². The van der Waals surface area contributed by atoms with E-state index in [0.717, 1.165) is 0 Å². The quantitative estimate of drug-likeness (QED) is 0.0619. The Bertz CT molecular complexity index is 1130. The lowest BCUT2D eigenvalue weighted by atomic mass is 10.00. The SMILES string of the molecule is CC(C)C[C@H](NC(=O)[C@H](Cc1ccc(O)cc1)NC(=O)[C@H](CCCCN)NC(=O)[C@@H](N)CCCCN)C(=O)N[C@H]([C]=O)CC(N)=O. The van der Waals surface area contributed by atoms with Crippen molar-refractivity contribution in [1.29, 1.82) is 0 Å². The van der Waals surface area contributed by atoms with E-state index in [1.807, 2.05) is 13.8 Å². The van der Waals surface area contributed by atoms with Gasteiger partial charge in [0, 0.05) is 6.42 Å². The maximum absolute atomic E-state index is 13.7. The predicted octanol–water partition coefficient (Wildman–Crippen LogP) is -1.51. The normalized spacial score (nSPS) is 14.3. The highest BCUT2D eigenvalue weighted by atomic mass is 16.3. The largest absolute Gasteiger partial charge is 0.508 e. The fourth-order valence-corrected chi connectivity index (χ4v) is 4.60. The van der Waals surface area contributed by atoms with Crippen LogP contribution in [0.3, 0.4) is 0 Å². The standard InChI is InChI=1S/C31H51N8O7/c1-19(2)15-25(30(45)36-21(18-40)17-27(35)42)38-31(46)26(16-20-9-11-22(41)12-10-20)39-29(44)24(8-4-6-14-33)37-28(43)23(34)7-3-5-13-32/h9-12,19,21,23-26,41H,3-8,13-17,32-34H2,1-2H3,(H2,35,42)(H,36,45)(H,37,43)(H,38,46)(H,39,44)/t21-,23-,24-,25-,26-/m0/s1. The van der Waals surface area contributed by atoms with Gasteiger partial charge in [0.2, 0.25) is 35.8 Å². The van der Waals surface area contributed by atoms with Crippen molar-refractivity contribution in [3.8, 4) is 5.75 Å². The molecule has 13 N–H and O–H groups in total. The summed E-state index contributed by atoms with van der Waals surface area (Å²) in [5.41, 5.74) is 22.9. The van der Waals surface area contributed by atoms with E-state index < -0.39 is 66.2 Å². The molecule has 0 unspecified atom stereocenters. The monoisotopic (exact) mass is 647 g/mol. The minimum atomic E-state index is -1.30. The van der Waals surface area contributed by atoms with E-state index in [0.29, 0.717) is 50.8 Å². The first-order valence-corrected chi connectivity index (χ1v) is 15.6. The molecule has 0 heterocycles. The van der Waals surface area contributed by atoms with Crippen LogP contribution in [0, 0.1) is 5.92 Å². The highest BCUT2D eigenvalue weighted by Gasteiger charge is 2.31. The molecule has 0 fully saturated rings. The summed E-state index contributed by atoms with van der Waals surface area (Å²) in [5, 5.41) is 20.1. The number of primary amides is 1. The Hall–Kier alpha value is -4.08. The second-order valence-corrected chi connectivity index (χ2v) is 11.7. The van der Waals surface area contributed by atoms with Crippen LogP contribution in [-0.4, -0.2) is 84.2 Å². The number of rotatable bonds is 23. The molecule has 15 heteroatoms. The van der Waals surface area contributed by atoms with E-state index >= 15 is 0 Å². The van der Waals surface area contributed by atoms with Gasteiger partial charge in [0.05, 0.1) is 12.5 Å². The lowest BCUT2D eigenvalue weighted by molar-refractivity contribution is -0.134. The van der Waals surface area contributed by atoms with Crippen molar-refractivity contribution in [3.63, 3.8) is 0 Å². The number of carbonyl (C=O) groups excluding carboxylic acids is 6. The zero-order valence-electron chi connectivity index (χ0n) is 26.8. The van der Waals surface area contributed by atoms with Crippen molar-refractivity contribution in [2.24, 2.45) is 28.9 Å². The van der Waals surface area contributed by atoms with Gasteiger partial charge in [-0.25, -0.2) is 0 Å². The number of amides is 5. The maximum Gasteiger partial charge on any atom is 0.243 e. The minimum Gasteiger partial charge on any atom is -0.508 e. The molecule has 0 spiro atoms. The number of carbonyl (C=O) groups is 5. The number of phenols is 1. The molecule has 0 saturated heterocycles. The van der Waals surface area contributed by atoms with E-state index in [1.165, 1.54) is 12.1 Å². The third-order valence-electron chi connectivity index (χ3n) is 7.10. The lowest BCUT2D eigenvalue weighted by Crippen LogP contribution is -2.59. The molecule has 15 nitrogen and oxygen atoms in total.